The lowest BCUT2D eigenvalue weighted by Gasteiger charge is -2.30. The number of aromatic nitrogens is 2. The zero-order valence-corrected chi connectivity index (χ0v) is 16.8. The summed E-state index contributed by atoms with van der Waals surface area (Å²) in [6, 6.07) is 7.50. The van der Waals surface area contributed by atoms with Gasteiger partial charge >= 0.3 is 0 Å². The number of hydrogen-bond acceptors (Lipinski definition) is 7. The van der Waals surface area contributed by atoms with E-state index in [2.05, 4.69) is 20.4 Å². The molecule has 2 aromatic rings. The van der Waals surface area contributed by atoms with Crippen molar-refractivity contribution < 1.29 is 19.5 Å². The maximum absolute atomic E-state index is 12.7. The average molecular weight is 405 g/mol. The average Bonchev–Trinajstić information content (AvgIpc) is 3.11. The van der Waals surface area contributed by atoms with E-state index in [1.165, 1.54) is 11.3 Å². The number of benzene rings is 1. The highest BCUT2D eigenvalue weighted by Crippen LogP contribution is 2.35. The van der Waals surface area contributed by atoms with E-state index in [1.807, 2.05) is 38.4 Å². The van der Waals surface area contributed by atoms with Gasteiger partial charge < -0.3 is 14.9 Å². The Morgan fingerprint density at radius 1 is 1.39 bits per heavy atom. The lowest BCUT2D eigenvalue weighted by atomic mass is 9.89. The molecule has 2 heterocycles. The standard InChI is InChI=1S/C17H21N5O2S.CH2O2/c1-21(2)9-8-14-19-20-17(25-14)18-16(24)12-10-15(23)22(3)13-7-5-4-6-11(12)13;2-1-3/h4-7,12H,8-10H2,1-3H3,(H,18,20,24);1H,(H,2,3). The number of rotatable bonds is 5. The predicted molar refractivity (Wildman–Crippen MR) is 107 cm³/mol. The Balaban J connectivity index is 0.000000878. The van der Waals surface area contributed by atoms with Crippen molar-refractivity contribution in [1.82, 2.24) is 15.1 Å². The highest BCUT2D eigenvalue weighted by molar-refractivity contribution is 7.15. The van der Waals surface area contributed by atoms with E-state index in [9.17, 15) is 9.59 Å². The Labute approximate surface area is 167 Å². The van der Waals surface area contributed by atoms with Crippen molar-refractivity contribution in [3.63, 3.8) is 0 Å². The molecule has 0 bridgehead atoms. The van der Waals surface area contributed by atoms with Gasteiger partial charge in [0.15, 0.2) is 0 Å². The van der Waals surface area contributed by atoms with E-state index in [-0.39, 0.29) is 24.7 Å². The van der Waals surface area contributed by atoms with Crippen LogP contribution in [0.1, 0.15) is 22.9 Å². The van der Waals surface area contributed by atoms with Crippen molar-refractivity contribution >= 4 is 40.4 Å². The Morgan fingerprint density at radius 2 is 2.07 bits per heavy atom. The maximum Gasteiger partial charge on any atom is 0.290 e. The number of hydrogen-bond donors (Lipinski definition) is 2. The number of carboxylic acid groups (broad SMARTS) is 1. The second-order valence-corrected chi connectivity index (χ2v) is 7.48. The number of amides is 2. The third-order valence-electron chi connectivity index (χ3n) is 4.21. The first-order valence-electron chi connectivity index (χ1n) is 8.58. The number of fused-ring (bicyclic) bond motifs is 1. The fourth-order valence-corrected chi connectivity index (χ4v) is 3.53. The third-order valence-corrected chi connectivity index (χ3v) is 5.11. The van der Waals surface area contributed by atoms with Crippen LogP contribution in [-0.2, 0) is 20.8 Å². The topological polar surface area (TPSA) is 116 Å². The summed E-state index contributed by atoms with van der Waals surface area (Å²) in [5.41, 5.74) is 1.64. The molecular formula is C18H23N5O4S. The number of nitrogens with zero attached hydrogens (tertiary/aromatic N) is 4. The molecule has 1 unspecified atom stereocenters. The Hall–Kier alpha value is -2.85. The summed E-state index contributed by atoms with van der Waals surface area (Å²) < 4.78 is 0. The molecule has 0 spiro atoms. The van der Waals surface area contributed by atoms with Crippen LogP contribution in [0.2, 0.25) is 0 Å². The van der Waals surface area contributed by atoms with Gasteiger partial charge in [-0.1, -0.05) is 29.5 Å². The summed E-state index contributed by atoms with van der Waals surface area (Å²) >= 11 is 1.37. The second kappa shape index (κ2) is 9.90. The van der Waals surface area contributed by atoms with Crippen LogP contribution in [0, 0.1) is 0 Å². The van der Waals surface area contributed by atoms with Gasteiger partial charge in [0.05, 0.1) is 5.92 Å². The highest BCUT2D eigenvalue weighted by Gasteiger charge is 2.33. The molecule has 1 atom stereocenters. The molecular weight excluding hydrogens is 382 g/mol. The SMILES string of the molecule is CN(C)CCc1nnc(NC(=O)C2CC(=O)N(C)c3ccccc32)s1.O=CO. The van der Waals surface area contributed by atoms with Crippen molar-refractivity contribution in [3.8, 4) is 0 Å². The highest BCUT2D eigenvalue weighted by atomic mass is 32.1. The first-order valence-corrected chi connectivity index (χ1v) is 9.40. The smallest absolute Gasteiger partial charge is 0.290 e. The van der Waals surface area contributed by atoms with Crippen molar-refractivity contribution in [3.05, 3.63) is 34.8 Å². The van der Waals surface area contributed by atoms with E-state index in [1.54, 1.807) is 11.9 Å². The van der Waals surface area contributed by atoms with E-state index in [0.717, 1.165) is 29.2 Å². The maximum atomic E-state index is 12.7. The predicted octanol–water partition coefficient (Wildman–Crippen LogP) is 1.43. The first-order chi connectivity index (χ1) is 13.4. The summed E-state index contributed by atoms with van der Waals surface area (Å²) in [6.45, 7) is 0.624. The van der Waals surface area contributed by atoms with Crippen molar-refractivity contribution in [2.24, 2.45) is 0 Å². The zero-order valence-electron chi connectivity index (χ0n) is 16.0. The number of likely N-dealkylation sites (N-methyl/N-ethyl adjacent to an activating group) is 1. The van der Waals surface area contributed by atoms with Gasteiger partial charge in [-0.2, -0.15) is 0 Å². The number of anilines is 2. The summed E-state index contributed by atoms with van der Waals surface area (Å²) in [4.78, 5) is 36.9. The van der Waals surface area contributed by atoms with E-state index >= 15 is 0 Å². The summed E-state index contributed by atoms with van der Waals surface area (Å²) in [7, 11) is 5.73. The van der Waals surface area contributed by atoms with Gasteiger partial charge in [0, 0.05) is 32.1 Å². The summed E-state index contributed by atoms with van der Waals surface area (Å²) in [6.07, 6.45) is 0.946. The largest absolute Gasteiger partial charge is 0.483 e. The fraction of sp³-hybridized carbons (Fsp3) is 0.389. The van der Waals surface area contributed by atoms with Gasteiger partial charge in [0.25, 0.3) is 6.47 Å². The Morgan fingerprint density at radius 3 is 2.75 bits per heavy atom. The quantitative estimate of drug-likeness (QED) is 0.723. The van der Waals surface area contributed by atoms with Crippen LogP contribution < -0.4 is 10.2 Å². The molecule has 1 aromatic heterocycles. The van der Waals surface area contributed by atoms with Crippen LogP contribution in [0.25, 0.3) is 0 Å². The lowest BCUT2D eigenvalue weighted by Crippen LogP contribution is -2.37. The van der Waals surface area contributed by atoms with Gasteiger partial charge in [-0.05, 0) is 25.7 Å². The Kier molecular flexibility index (Phi) is 7.59. The molecule has 0 aliphatic carbocycles. The minimum absolute atomic E-state index is 0.0669. The molecule has 9 nitrogen and oxygen atoms in total. The third kappa shape index (κ3) is 5.33. The van der Waals surface area contributed by atoms with E-state index in [4.69, 9.17) is 9.90 Å². The summed E-state index contributed by atoms with van der Waals surface area (Å²) in [5, 5.41) is 19.2. The van der Waals surface area contributed by atoms with E-state index < -0.39 is 5.92 Å². The van der Waals surface area contributed by atoms with Crippen LogP contribution in [0.15, 0.2) is 24.3 Å². The van der Waals surface area contributed by atoms with Crippen LogP contribution in [0.3, 0.4) is 0 Å². The van der Waals surface area contributed by atoms with Gasteiger partial charge in [-0.25, -0.2) is 0 Å². The molecule has 150 valence electrons. The van der Waals surface area contributed by atoms with Crippen LogP contribution in [-0.4, -0.2) is 66.2 Å². The first kappa shape index (κ1) is 21.5. The minimum atomic E-state index is -0.506. The molecule has 0 saturated heterocycles. The molecule has 1 aromatic carbocycles. The number of para-hydroxylation sites is 1. The summed E-state index contributed by atoms with van der Waals surface area (Å²) in [5.74, 6) is -0.791. The molecule has 1 aliphatic rings. The molecule has 10 heteroatoms. The number of nitrogens with one attached hydrogen (secondary N) is 1. The molecule has 28 heavy (non-hydrogen) atoms. The molecule has 0 saturated carbocycles. The lowest BCUT2D eigenvalue weighted by molar-refractivity contribution is -0.124. The Bertz CT molecular complexity index is 839. The molecule has 1 aliphatic heterocycles. The van der Waals surface area contributed by atoms with Crippen molar-refractivity contribution in [1.29, 1.82) is 0 Å². The molecule has 0 radical (unpaired) electrons. The molecule has 0 fully saturated rings. The van der Waals surface area contributed by atoms with Gasteiger partial charge in [0.2, 0.25) is 16.9 Å². The number of carbonyl (C=O) groups excluding carboxylic acids is 2. The fourth-order valence-electron chi connectivity index (χ4n) is 2.79. The second-order valence-electron chi connectivity index (χ2n) is 6.42. The molecule has 2 N–H and O–H groups in total. The zero-order chi connectivity index (χ0) is 20.7. The van der Waals surface area contributed by atoms with Crippen molar-refractivity contribution in [2.45, 2.75) is 18.8 Å². The van der Waals surface area contributed by atoms with Crippen LogP contribution in [0.5, 0.6) is 0 Å². The van der Waals surface area contributed by atoms with Crippen molar-refractivity contribution in [2.75, 3.05) is 37.9 Å². The van der Waals surface area contributed by atoms with Gasteiger partial charge in [0.1, 0.15) is 5.01 Å². The van der Waals surface area contributed by atoms with Gasteiger partial charge in [-0.15, -0.1) is 10.2 Å². The van der Waals surface area contributed by atoms with Crippen LogP contribution in [0.4, 0.5) is 10.8 Å². The molecule has 3 rings (SSSR count). The van der Waals surface area contributed by atoms with Crippen LogP contribution >= 0.6 is 11.3 Å². The number of carbonyl (C=O) groups is 3. The monoisotopic (exact) mass is 405 g/mol. The minimum Gasteiger partial charge on any atom is -0.483 e. The normalized spacial score (nSPS) is 15.5. The molecule has 2 amide bonds. The van der Waals surface area contributed by atoms with E-state index in [0.29, 0.717) is 5.13 Å². The van der Waals surface area contributed by atoms with Gasteiger partial charge in [-0.3, -0.25) is 19.7 Å².